The maximum atomic E-state index is 11.9. The SMILES string of the molecule is Cc1ccc(NC(=O)CSCCNC(=O)OC(C)(C)C)c(Br)c1. The van der Waals surface area contributed by atoms with Crippen LogP contribution >= 0.6 is 27.7 Å². The van der Waals surface area contributed by atoms with Gasteiger partial charge in [0.05, 0.1) is 11.4 Å². The average Bonchev–Trinajstić information content (AvgIpc) is 2.39. The van der Waals surface area contributed by atoms with Crippen molar-refractivity contribution in [1.29, 1.82) is 0 Å². The standard InChI is InChI=1S/C16H23BrN2O3S/c1-11-5-6-13(12(17)9-11)19-14(20)10-23-8-7-18-15(21)22-16(2,3)4/h5-6,9H,7-8,10H2,1-4H3,(H,18,21)(H,19,20). The minimum Gasteiger partial charge on any atom is -0.444 e. The molecule has 1 aromatic carbocycles. The largest absolute Gasteiger partial charge is 0.444 e. The molecular weight excluding hydrogens is 380 g/mol. The molecule has 23 heavy (non-hydrogen) atoms. The smallest absolute Gasteiger partial charge is 0.407 e. The topological polar surface area (TPSA) is 67.4 Å². The first-order valence-corrected chi connectivity index (χ1v) is 9.23. The Morgan fingerprint density at radius 1 is 1.30 bits per heavy atom. The molecule has 0 heterocycles. The molecule has 1 aromatic rings. The fourth-order valence-corrected chi connectivity index (χ4v) is 2.85. The molecule has 0 radical (unpaired) electrons. The molecular formula is C16H23BrN2O3S. The van der Waals surface area contributed by atoms with Crippen molar-refractivity contribution in [2.24, 2.45) is 0 Å². The molecule has 5 nitrogen and oxygen atoms in total. The molecule has 0 atom stereocenters. The number of aryl methyl sites for hydroxylation is 1. The van der Waals surface area contributed by atoms with E-state index in [9.17, 15) is 9.59 Å². The number of rotatable bonds is 6. The van der Waals surface area contributed by atoms with E-state index >= 15 is 0 Å². The van der Waals surface area contributed by atoms with Crippen molar-refractivity contribution in [3.63, 3.8) is 0 Å². The van der Waals surface area contributed by atoms with Crippen molar-refractivity contribution in [1.82, 2.24) is 5.32 Å². The number of hydrogen-bond donors (Lipinski definition) is 2. The summed E-state index contributed by atoms with van der Waals surface area (Å²) in [4.78, 5) is 23.3. The Hall–Kier alpha value is -1.21. The molecule has 0 aliphatic rings. The van der Waals surface area contributed by atoms with E-state index in [2.05, 4.69) is 26.6 Å². The predicted octanol–water partition coefficient (Wildman–Crippen LogP) is 3.95. The second-order valence-corrected chi connectivity index (χ2v) is 7.97. The first-order valence-electron chi connectivity index (χ1n) is 7.28. The zero-order valence-corrected chi connectivity index (χ0v) is 16.3. The highest BCUT2D eigenvalue weighted by atomic mass is 79.9. The Morgan fingerprint density at radius 2 is 2.00 bits per heavy atom. The highest BCUT2D eigenvalue weighted by Gasteiger charge is 2.15. The monoisotopic (exact) mass is 402 g/mol. The average molecular weight is 403 g/mol. The van der Waals surface area contributed by atoms with Gasteiger partial charge in [0.15, 0.2) is 0 Å². The van der Waals surface area contributed by atoms with Crippen molar-refractivity contribution in [3.8, 4) is 0 Å². The number of anilines is 1. The molecule has 0 saturated carbocycles. The summed E-state index contributed by atoms with van der Waals surface area (Å²) in [6, 6.07) is 5.76. The normalized spacial score (nSPS) is 11.0. The Kier molecular flexibility index (Phi) is 7.91. The summed E-state index contributed by atoms with van der Waals surface area (Å²) >= 11 is 4.88. The van der Waals surface area contributed by atoms with Gasteiger partial charge in [0.25, 0.3) is 0 Å². The van der Waals surface area contributed by atoms with E-state index in [0.29, 0.717) is 18.1 Å². The summed E-state index contributed by atoms with van der Waals surface area (Å²) in [6.45, 7) is 7.89. The Bertz CT molecular complexity index is 559. The fourth-order valence-electron chi connectivity index (χ4n) is 1.61. The molecule has 1 rings (SSSR count). The van der Waals surface area contributed by atoms with E-state index in [0.717, 1.165) is 15.7 Å². The third kappa shape index (κ3) is 8.86. The van der Waals surface area contributed by atoms with E-state index in [1.54, 1.807) is 0 Å². The van der Waals surface area contributed by atoms with Gasteiger partial charge in [-0.1, -0.05) is 6.07 Å². The third-order valence-electron chi connectivity index (χ3n) is 2.55. The number of ether oxygens (including phenoxy) is 1. The van der Waals surface area contributed by atoms with Crippen LogP contribution in [0.2, 0.25) is 0 Å². The number of nitrogens with one attached hydrogen (secondary N) is 2. The zero-order chi connectivity index (χ0) is 17.5. The van der Waals surface area contributed by atoms with Crippen LogP contribution < -0.4 is 10.6 Å². The molecule has 0 bridgehead atoms. The fraction of sp³-hybridized carbons (Fsp3) is 0.500. The minimum atomic E-state index is -0.501. The second-order valence-electron chi connectivity index (χ2n) is 6.01. The highest BCUT2D eigenvalue weighted by molar-refractivity contribution is 9.10. The van der Waals surface area contributed by atoms with Crippen LogP contribution in [0.15, 0.2) is 22.7 Å². The van der Waals surface area contributed by atoms with E-state index in [1.807, 2.05) is 45.9 Å². The van der Waals surface area contributed by atoms with Crippen LogP contribution in [0.5, 0.6) is 0 Å². The van der Waals surface area contributed by atoms with Crippen LogP contribution in [0.4, 0.5) is 10.5 Å². The lowest BCUT2D eigenvalue weighted by Gasteiger charge is -2.19. The van der Waals surface area contributed by atoms with Crippen LogP contribution in [0, 0.1) is 6.92 Å². The number of halogens is 1. The lowest BCUT2D eigenvalue weighted by atomic mass is 10.2. The van der Waals surface area contributed by atoms with E-state index in [-0.39, 0.29) is 5.91 Å². The molecule has 0 saturated heterocycles. The van der Waals surface area contributed by atoms with Crippen LogP contribution in [-0.4, -0.2) is 35.7 Å². The summed E-state index contributed by atoms with van der Waals surface area (Å²) in [7, 11) is 0. The maximum absolute atomic E-state index is 11.9. The molecule has 0 aromatic heterocycles. The molecule has 2 N–H and O–H groups in total. The number of amides is 2. The maximum Gasteiger partial charge on any atom is 0.407 e. The number of thioether (sulfide) groups is 1. The van der Waals surface area contributed by atoms with Gasteiger partial charge in [0.1, 0.15) is 5.60 Å². The van der Waals surface area contributed by atoms with Crippen molar-refractivity contribution >= 4 is 45.4 Å². The van der Waals surface area contributed by atoms with Gasteiger partial charge in [-0.25, -0.2) is 4.79 Å². The number of carbonyl (C=O) groups excluding carboxylic acids is 2. The zero-order valence-electron chi connectivity index (χ0n) is 13.9. The summed E-state index contributed by atoms with van der Waals surface area (Å²) in [5, 5.41) is 5.51. The Balaban J connectivity index is 2.21. The number of carbonyl (C=O) groups is 2. The summed E-state index contributed by atoms with van der Waals surface area (Å²) in [5.41, 5.74) is 1.38. The van der Waals surface area contributed by atoms with E-state index in [1.165, 1.54) is 11.8 Å². The van der Waals surface area contributed by atoms with Gasteiger partial charge in [-0.05, 0) is 61.3 Å². The van der Waals surface area contributed by atoms with Crippen LogP contribution in [0.3, 0.4) is 0 Å². The number of benzene rings is 1. The molecule has 0 spiro atoms. The summed E-state index contributed by atoms with van der Waals surface area (Å²) < 4.78 is 5.99. The Labute approximate surface area is 150 Å². The van der Waals surface area contributed by atoms with Gasteiger partial charge in [-0.3, -0.25) is 4.79 Å². The quantitative estimate of drug-likeness (QED) is 0.706. The van der Waals surface area contributed by atoms with Crippen molar-refractivity contribution in [2.45, 2.75) is 33.3 Å². The van der Waals surface area contributed by atoms with Gasteiger partial charge >= 0.3 is 6.09 Å². The van der Waals surface area contributed by atoms with Crippen molar-refractivity contribution in [2.75, 3.05) is 23.4 Å². The van der Waals surface area contributed by atoms with Gasteiger partial charge in [-0.2, -0.15) is 11.8 Å². The van der Waals surface area contributed by atoms with E-state index in [4.69, 9.17) is 4.74 Å². The van der Waals surface area contributed by atoms with Gasteiger partial charge in [0.2, 0.25) is 5.91 Å². The van der Waals surface area contributed by atoms with Crippen molar-refractivity contribution in [3.05, 3.63) is 28.2 Å². The molecule has 0 unspecified atom stereocenters. The van der Waals surface area contributed by atoms with Gasteiger partial charge < -0.3 is 15.4 Å². The summed E-state index contributed by atoms with van der Waals surface area (Å²) in [5.74, 6) is 0.898. The molecule has 0 aliphatic heterocycles. The summed E-state index contributed by atoms with van der Waals surface area (Å²) in [6.07, 6.45) is -0.439. The first-order chi connectivity index (χ1) is 10.7. The first kappa shape index (κ1) is 19.8. The molecule has 0 fully saturated rings. The molecule has 2 amide bonds. The van der Waals surface area contributed by atoms with Crippen LogP contribution in [0.1, 0.15) is 26.3 Å². The molecule has 7 heteroatoms. The number of hydrogen-bond acceptors (Lipinski definition) is 4. The minimum absolute atomic E-state index is 0.0724. The third-order valence-corrected chi connectivity index (χ3v) is 4.16. The van der Waals surface area contributed by atoms with E-state index < -0.39 is 11.7 Å². The predicted molar refractivity (Wildman–Crippen MR) is 99.1 cm³/mol. The highest BCUT2D eigenvalue weighted by Crippen LogP contribution is 2.23. The lowest BCUT2D eigenvalue weighted by Crippen LogP contribution is -2.33. The van der Waals surface area contributed by atoms with Gasteiger partial charge in [-0.15, -0.1) is 0 Å². The molecule has 128 valence electrons. The van der Waals surface area contributed by atoms with Crippen molar-refractivity contribution < 1.29 is 14.3 Å². The number of alkyl carbamates (subject to hydrolysis) is 1. The molecule has 0 aliphatic carbocycles. The van der Waals surface area contributed by atoms with Crippen LogP contribution in [0.25, 0.3) is 0 Å². The second kappa shape index (κ2) is 9.17. The Morgan fingerprint density at radius 3 is 2.61 bits per heavy atom. The van der Waals surface area contributed by atoms with Gasteiger partial charge in [0, 0.05) is 16.8 Å². The van der Waals surface area contributed by atoms with Crippen LogP contribution in [-0.2, 0) is 9.53 Å². The lowest BCUT2D eigenvalue weighted by molar-refractivity contribution is -0.113.